The first-order valence-corrected chi connectivity index (χ1v) is 9.73. The SMILES string of the molecule is C[C@@H](Nc1nnc(N)c2cc(=O)n(C3(C)CC3)cc12)c1cccc(C(F)F)c1F.O=CO. The molecule has 0 unspecified atom stereocenters. The second kappa shape index (κ2) is 8.85. The molecule has 8 nitrogen and oxygen atoms in total. The van der Waals surface area contributed by atoms with Crippen molar-refractivity contribution in [1.82, 2.24) is 14.8 Å². The minimum Gasteiger partial charge on any atom is -0.483 e. The molecule has 1 aromatic carbocycles. The summed E-state index contributed by atoms with van der Waals surface area (Å²) < 4.78 is 42.2. The molecule has 2 heterocycles. The zero-order valence-corrected chi connectivity index (χ0v) is 17.3. The third kappa shape index (κ3) is 4.36. The largest absolute Gasteiger partial charge is 0.483 e. The standard InChI is InChI=1S/C20H20F3N5O.CH2O2/c1-10(11-4-3-5-12(16(11)21)17(22)23)25-19-14-9-28(20(2)6-7-20)15(29)8-13(14)18(24)26-27-19;2-1-3/h3-5,8-10,17H,6-7H2,1-2H3,(H2,24,26)(H,25,27);1H,(H,2,3)/t10-;/m1./s1. The fraction of sp³-hybridized carbons (Fsp3) is 0.333. The van der Waals surface area contributed by atoms with Gasteiger partial charge in [0, 0.05) is 34.1 Å². The first-order chi connectivity index (χ1) is 15.1. The Morgan fingerprint density at radius 3 is 2.47 bits per heavy atom. The molecule has 0 spiro atoms. The van der Waals surface area contributed by atoms with Crippen LogP contribution in [0, 0.1) is 5.82 Å². The lowest BCUT2D eigenvalue weighted by Crippen LogP contribution is -2.27. The Balaban J connectivity index is 0.000000913. The van der Waals surface area contributed by atoms with E-state index in [2.05, 4.69) is 15.5 Å². The van der Waals surface area contributed by atoms with Gasteiger partial charge in [-0.3, -0.25) is 9.59 Å². The van der Waals surface area contributed by atoms with Crippen LogP contribution in [0.2, 0.25) is 0 Å². The molecular weight excluding hydrogens is 427 g/mol. The van der Waals surface area contributed by atoms with Crippen molar-refractivity contribution in [3.05, 3.63) is 57.8 Å². The van der Waals surface area contributed by atoms with Gasteiger partial charge < -0.3 is 20.7 Å². The number of anilines is 2. The quantitative estimate of drug-likeness (QED) is 0.506. The van der Waals surface area contributed by atoms with Gasteiger partial charge in [0.1, 0.15) is 5.82 Å². The molecule has 0 radical (unpaired) electrons. The summed E-state index contributed by atoms with van der Waals surface area (Å²) >= 11 is 0. The fourth-order valence-corrected chi connectivity index (χ4v) is 3.45. The molecule has 11 heteroatoms. The van der Waals surface area contributed by atoms with E-state index in [0.29, 0.717) is 16.6 Å². The lowest BCUT2D eigenvalue weighted by atomic mass is 10.0. The summed E-state index contributed by atoms with van der Waals surface area (Å²) in [6.07, 6.45) is 0.540. The van der Waals surface area contributed by atoms with Gasteiger partial charge in [-0.15, -0.1) is 10.2 Å². The van der Waals surface area contributed by atoms with Crippen LogP contribution in [0.1, 0.15) is 50.3 Å². The highest BCUT2D eigenvalue weighted by Crippen LogP contribution is 2.42. The summed E-state index contributed by atoms with van der Waals surface area (Å²) in [6, 6.07) is 4.62. The number of carboxylic acid groups (broad SMARTS) is 1. The van der Waals surface area contributed by atoms with Gasteiger partial charge in [0.25, 0.3) is 18.5 Å². The maximum atomic E-state index is 14.5. The Morgan fingerprint density at radius 2 is 1.88 bits per heavy atom. The van der Waals surface area contributed by atoms with Gasteiger partial charge in [-0.2, -0.15) is 0 Å². The number of nitrogens with zero attached hydrogens (tertiary/aromatic N) is 3. The minimum absolute atomic E-state index is 0.0806. The molecule has 1 aliphatic rings. The summed E-state index contributed by atoms with van der Waals surface area (Å²) in [5, 5.41) is 18.8. The van der Waals surface area contributed by atoms with Crippen LogP contribution in [-0.2, 0) is 10.3 Å². The number of alkyl halides is 2. The van der Waals surface area contributed by atoms with Crippen molar-refractivity contribution in [3.63, 3.8) is 0 Å². The Hall–Kier alpha value is -3.63. The van der Waals surface area contributed by atoms with Crippen LogP contribution < -0.4 is 16.6 Å². The highest BCUT2D eigenvalue weighted by atomic mass is 19.3. The third-order valence-electron chi connectivity index (χ3n) is 5.51. The highest BCUT2D eigenvalue weighted by Gasteiger charge is 2.40. The monoisotopic (exact) mass is 449 g/mol. The molecule has 4 rings (SSSR count). The fourth-order valence-electron chi connectivity index (χ4n) is 3.45. The lowest BCUT2D eigenvalue weighted by molar-refractivity contribution is -0.122. The normalized spacial score (nSPS) is 15.1. The number of rotatable bonds is 5. The van der Waals surface area contributed by atoms with Crippen molar-refractivity contribution in [1.29, 1.82) is 0 Å². The van der Waals surface area contributed by atoms with Crippen molar-refractivity contribution in [3.8, 4) is 0 Å². The number of halogens is 3. The van der Waals surface area contributed by atoms with Crippen LogP contribution in [0.15, 0.2) is 35.3 Å². The predicted molar refractivity (Wildman–Crippen MR) is 113 cm³/mol. The summed E-state index contributed by atoms with van der Waals surface area (Å²) in [6.45, 7) is 3.37. The highest BCUT2D eigenvalue weighted by molar-refractivity contribution is 5.97. The molecule has 170 valence electrons. The zero-order valence-electron chi connectivity index (χ0n) is 17.3. The van der Waals surface area contributed by atoms with Crippen LogP contribution in [-0.4, -0.2) is 26.3 Å². The van der Waals surface area contributed by atoms with E-state index in [1.807, 2.05) is 6.92 Å². The number of fused-ring (bicyclic) bond motifs is 1. The van der Waals surface area contributed by atoms with Gasteiger partial charge in [0.05, 0.1) is 11.6 Å². The van der Waals surface area contributed by atoms with Gasteiger partial charge in [-0.05, 0) is 26.7 Å². The van der Waals surface area contributed by atoms with E-state index in [1.165, 1.54) is 18.2 Å². The van der Waals surface area contributed by atoms with Gasteiger partial charge in [-0.1, -0.05) is 18.2 Å². The molecule has 0 amide bonds. The number of hydrogen-bond acceptors (Lipinski definition) is 6. The van der Waals surface area contributed by atoms with E-state index in [0.717, 1.165) is 18.9 Å². The van der Waals surface area contributed by atoms with Gasteiger partial charge >= 0.3 is 0 Å². The smallest absolute Gasteiger partial charge is 0.290 e. The Bertz CT molecular complexity index is 1210. The number of nitrogens with two attached hydrogens (primary N) is 1. The van der Waals surface area contributed by atoms with Gasteiger partial charge in [-0.25, -0.2) is 13.2 Å². The number of carbonyl (C=O) groups is 1. The second-order valence-electron chi connectivity index (χ2n) is 7.76. The third-order valence-corrected chi connectivity index (χ3v) is 5.51. The number of hydrogen-bond donors (Lipinski definition) is 3. The molecular formula is C21H22F3N5O3. The van der Waals surface area contributed by atoms with Gasteiger partial charge in [0.2, 0.25) is 0 Å². The lowest BCUT2D eigenvalue weighted by Gasteiger charge is -2.19. The van der Waals surface area contributed by atoms with Crippen molar-refractivity contribution in [2.24, 2.45) is 0 Å². The van der Waals surface area contributed by atoms with Crippen LogP contribution in [0.25, 0.3) is 10.8 Å². The molecule has 1 aliphatic carbocycles. The maximum Gasteiger partial charge on any atom is 0.290 e. The summed E-state index contributed by atoms with van der Waals surface area (Å²) in [5.74, 6) is -0.562. The molecule has 32 heavy (non-hydrogen) atoms. The summed E-state index contributed by atoms with van der Waals surface area (Å²) in [4.78, 5) is 20.9. The van der Waals surface area contributed by atoms with Crippen LogP contribution in [0.5, 0.6) is 0 Å². The van der Waals surface area contributed by atoms with E-state index < -0.39 is 23.8 Å². The van der Waals surface area contributed by atoms with Crippen molar-refractivity contribution in [2.75, 3.05) is 11.1 Å². The molecule has 1 atom stereocenters. The second-order valence-corrected chi connectivity index (χ2v) is 7.76. The molecule has 0 saturated heterocycles. The van der Waals surface area contributed by atoms with E-state index in [9.17, 15) is 18.0 Å². The van der Waals surface area contributed by atoms with Crippen LogP contribution in [0.4, 0.5) is 24.8 Å². The average molecular weight is 449 g/mol. The molecule has 0 aliphatic heterocycles. The average Bonchev–Trinajstić information content (AvgIpc) is 3.48. The number of aromatic nitrogens is 3. The number of nitrogen functional groups attached to an aromatic ring is 1. The van der Waals surface area contributed by atoms with E-state index in [1.54, 1.807) is 17.7 Å². The number of pyridine rings is 1. The van der Waals surface area contributed by atoms with Crippen LogP contribution >= 0.6 is 0 Å². The molecule has 0 bridgehead atoms. The van der Waals surface area contributed by atoms with E-state index in [-0.39, 0.29) is 29.0 Å². The van der Waals surface area contributed by atoms with Crippen LogP contribution in [0.3, 0.4) is 0 Å². The number of benzene rings is 1. The minimum atomic E-state index is -2.91. The Kier molecular flexibility index (Phi) is 6.37. The molecule has 1 fully saturated rings. The zero-order chi connectivity index (χ0) is 23.6. The molecule has 4 N–H and O–H groups in total. The first kappa shape index (κ1) is 23.0. The van der Waals surface area contributed by atoms with Crippen molar-refractivity contribution in [2.45, 2.75) is 44.7 Å². The first-order valence-electron chi connectivity index (χ1n) is 9.73. The van der Waals surface area contributed by atoms with Crippen molar-refractivity contribution >= 4 is 28.9 Å². The molecule has 1 saturated carbocycles. The predicted octanol–water partition coefficient (Wildman–Crippen LogP) is 3.83. The molecule has 3 aromatic rings. The van der Waals surface area contributed by atoms with E-state index >= 15 is 0 Å². The van der Waals surface area contributed by atoms with E-state index in [4.69, 9.17) is 15.6 Å². The maximum absolute atomic E-state index is 14.5. The van der Waals surface area contributed by atoms with Gasteiger partial charge in [0.15, 0.2) is 11.6 Å². The number of nitrogens with one attached hydrogen (secondary N) is 1. The van der Waals surface area contributed by atoms with Crippen molar-refractivity contribution < 1.29 is 23.1 Å². The Labute approximate surface area is 180 Å². The summed E-state index contributed by atoms with van der Waals surface area (Å²) in [5.41, 5.74) is 4.89. The topological polar surface area (TPSA) is 123 Å². The Morgan fingerprint density at radius 1 is 1.25 bits per heavy atom. The summed E-state index contributed by atoms with van der Waals surface area (Å²) in [7, 11) is 0. The molecule has 2 aromatic heterocycles.